The maximum atomic E-state index is 5.95. The maximum absolute atomic E-state index is 5.95. The van der Waals surface area contributed by atoms with Crippen LogP contribution in [0.1, 0.15) is 71.1 Å². The first kappa shape index (κ1) is 14.0. The Hall–Kier alpha value is -0.0800. The first-order chi connectivity index (χ1) is 7.84. The van der Waals surface area contributed by atoms with E-state index in [1.807, 2.05) is 0 Å². The second-order valence-corrected chi connectivity index (χ2v) is 5.13. The Morgan fingerprint density at radius 2 is 1.69 bits per heavy atom. The minimum atomic E-state index is 0.310. The van der Waals surface area contributed by atoms with Crippen molar-refractivity contribution < 1.29 is 4.74 Å². The topological polar surface area (TPSA) is 35.2 Å². The lowest BCUT2D eigenvalue weighted by Gasteiger charge is -2.16. The van der Waals surface area contributed by atoms with Crippen LogP contribution in [0.25, 0.3) is 0 Å². The lowest BCUT2D eigenvalue weighted by Crippen LogP contribution is -2.31. The zero-order valence-corrected chi connectivity index (χ0v) is 10.9. The van der Waals surface area contributed by atoms with E-state index in [9.17, 15) is 0 Å². The molecule has 0 aromatic rings. The van der Waals surface area contributed by atoms with Crippen LogP contribution >= 0.6 is 0 Å². The molecule has 0 heterocycles. The molecule has 1 aliphatic carbocycles. The van der Waals surface area contributed by atoms with Crippen LogP contribution in [0.5, 0.6) is 0 Å². The van der Waals surface area contributed by atoms with Gasteiger partial charge in [0.25, 0.3) is 0 Å². The normalized spacial score (nSPS) is 25.1. The molecule has 0 bridgehead atoms. The molecule has 0 aromatic heterocycles. The van der Waals surface area contributed by atoms with Gasteiger partial charge in [-0.15, -0.1) is 0 Å². The average Bonchev–Trinajstić information content (AvgIpc) is 2.68. The third-order valence-corrected chi connectivity index (χ3v) is 3.58. The lowest BCUT2D eigenvalue weighted by atomic mass is 10.1. The first-order valence-electron chi connectivity index (χ1n) is 7.21. The van der Waals surface area contributed by atoms with Crippen molar-refractivity contribution in [3.63, 3.8) is 0 Å². The Bertz CT molecular complexity index is 161. The second-order valence-electron chi connectivity index (χ2n) is 5.13. The van der Waals surface area contributed by atoms with Crippen molar-refractivity contribution in [2.45, 2.75) is 83.3 Å². The minimum absolute atomic E-state index is 0.310. The van der Waals surface area contributed by atoms with E-state index >= 15 is 0 Å². The summed E-state index contributed by atoms with van der Waals surface area (Å²) >= 11 is 0. The lowest BCUT2D eigenvalue weighted by molar-refractivity contribution is 0.0455. The van der Waals surface area contributed by atoms with Crippen LogP contribution in [0.15, 0.2) is 0 Å². The SMILES string of the molecule is CCCCCCCCCOC1CCCC1N. The van der Waals surface area contributed by atoms with Gasteiger partial charge in [0.05, 0.1) is 6.10 Å². The van der Waals surface area contributed by atoms with Crippen LogP contribution in [0.4, 0.5) is 0 Å². The standard InChI is InChI=1S/C14H29NO/c1-2-3-4-5-6-7-8-12-16-14-11-9-10-13(14)15/h13-14H,2-12,15H2,1H3. The molecule has 2 unspecified atom stereocenters. The van der Waals surface area contributed by atoms with Gasteiger partial charge in [0.1, 0.15) is 0 Å². The largest absolute Gasteiger partial charge is 0.377 e. The molecule has 2 heteroatoms. The van der Waals surface area contributed by atoms with E-state index in [-0.39, 0.29) is 0 Å². The fraction of sp³-hybridized carbons (Fsp3) is 1.00. The van der Waals surface area contributed by atoms with E-state index in [0.29, 0.717) is 12.1 Å². The third kappa shape index (κ3) is 5.86. The van der Waals surface area contributed by atoms with Gasteiger partial charge >= 0.3 is 0 Å². The van der Waals surface area contributed by atoms with Crippen LogP contribution in [-0.2, 0) is 4.74 Å². The summed E-state index contributed by atoms with van der Waals surface area (Å²) in [7, 11) is 0. The Morgan fingerprint density at radius 1 is 1.00 bits per heavy atom. The van der Waals surface area contributed by atoms with Gasteiger partial charge in [-0.25, -0.2) is 0 Å². The van der Waals surface area contributed by atoms with Crippen molar-refractivity contribution >= 4 is 0 Å². The number of nitrogens with two attached hydrogens (primary N) is 1. The van der Waals surface area contributed by atoms with Crippen molar-refractivity contribution in [3.8, 4) is 0 Å². The number of hydrogen-bond acceptors (Lipinski definition) is 2. The van der Waals surface area contributed by atoms with Crippen LogP contribution in [-0.4, -0.2) is 18.8 Å². The monoisotopic (exact) mass is 227 g/mol. The van der Waals surface area contributed by atoms with Crippen molar-refractivity contribution in [1.82, 2.24) is 0 Å². The molecule has 16 heavy (non-hydrogen) atoms. The van der Waals surface area contributed by atoms with Gasteiger partial charge in [0.2, 0.25) is 0 Å². The summed E-state index contributed by atoms with van der Waals surface area (Å²) in [6, 6.07) is 0.310. The van der Waals surface area contributed by atoms with Gasteiger partial charge in [-0.3, -0.25) is 0 Å². The molecule has 96 valence electrons. The smallest absolute Gasteiger partial charge is 0.0725 e. The summed E-state index contributed by atoms with van der Waals surface area (Å²) in [5.74, 6) is 0. The number of hydrogen-bond donors (Lipinski definition) is 1. The summed E-state index contributed by atoms with van der Waals surface area (Å²) in [6.45, 7) is 3.19. The third-order valence-electron chi connectivity index (χ3n) is 3.58. The summed E-state index contributed by atoms with van der Waals surface area (Å²) in [4.78, 5) is 0. The maximum Gasteiger partial charge on any atom is 0.0725 e. The molecular formula is C14H29NO. The molecule has 1 rings (SSSR count). The fourth-order valence-electron chi connectivity index (χ4n) is 2.46. The Labute approximate surface area is 101 Å². The Balaban J connectivity index is 1.81. The van der Waals surface area contributed by atoms with Crippen LogP contribution in [0.2, 0.25) is 0 Å². The van der Waals surface area contributed by atoms with Crippen molar-refractivity contribution in [2.24, 2.45) is 5.73 Å². The molecule has 2 N–H and O–H groups in total. The zero-order chi connectivity index (χ0) is 11.6. The summed E-state index contributed by atoms with van der Waals surface area (Å²) in [5, 5.41) is 0. The average molecular weight is 227 g/mol. The van der Waals surface area contributed by atoms with Crippen molar-refractivity contribution in [1.29, 1.82) is 0 Å². The second kappa shape index (κ2) is 9.00. The predicted octanol–water partition coefficient (Wildman–Crippen LogP) is 3.63. The Kier molecular flexibility index (Phi) is 7.87. The molecule has 0 saturated heterocycles. The fourth-order valence-corrected chi connectivity index (χ4v) is 2.46. The number of ether oxygens (including phenoxy) is 1. The molecule has 0 aliphatic heterocycles. The van der Waals surface area contributed by atoms with Gasteiger partial charge in [-0.1, -0.05) is 45.4 Å². The van der Waals surface area contributed by atoms with Gasteiger partial charge in [-0.05, 0) is 25.7 Å². The molecule has 1 aliphatic rings. The van der Waals surface area contributed by atoms with Crippen LogP contribution in [0, 0.1) is 0 Å². The van der Waals surface area contributed by atoms with E-state index in [4.69, 9.17) is 10.5 Å². The quantitative estimate of drug-likeness (QED) is 0.610. The van der Waals surface area contributed by atoms with Crippen molar-refractivity contribution in [3.05, 3.63) is 0 Å². The van der Waals surface area contributed by atoms with Gasteiger partial charge in [-0.2, -0.15) is 0 Å². The molecular weight excluding hydrogens is 198 g/mol. The zero-order valence-electron chi connectivity index (χ0n) is 10.9. The Morgan fingerprint density at radius 3 is 2.31 bits per heavy atom. The molecule has 0 aromatic carbocycles. The van der Waals surface area contributed by atoms with Gasteiger partial charge < -0.3 is 10.5 Å². The molecule has 0 spiro atoms. The summed E-state index contributed by atoms with van der Waals surface area (Å²) in [6.07, 6.45) is 13.4. The van der Waals surface area contributed by atoms with Gasteiger partial charge in [0.15, 0.2) is 0 Å². The highest BCUT2D eigenvalue weighted by Gasteiger charge is 2.23. The molecule has 0 radical (unpaired) electrons. The highest BCUT2D eigenvalue weighted by atomic mass is 16.5. The number of rotatable bonds is 9. The highest BCUT2D eigenvalue weighted by molar-refractivity contribution is 4.80. The van der Waals surface area contributed by atoms with Gasteiger partial charge in [0, 0.05) is 12.6 Å². The first-order valence-corrected chi connectivity index (χ1v) is 7.21. The number of unbranched alkanes of at least 4 members (excludes halogenated alkanes) is 6. The highest BCUT2D eigenvalue weighted by Crippen LogP contribution is 2.20. The molecule has 2 atom stereocenters. The molecule has 1 saturated carbocycles. The van der Waals surface area contributed by atoms with E-state index in [1.54, 1.807) is 0 Å². The molecule has 0 amide bonds. The van der Waals surface area contributed by atoms with Crippen LogP contribution < -0.4 is 5.73 Å². The molecule has 2 nitrogen and oxygen atoms in total. The predicted molar refractivity (Wildman–Crippen MR) is 69.6 cm³/mol. The summed E-state index contributed by atoms with van der Waals surface area (Å²) < 4.78 is 5.82. The van der Waals surface area contributed by atoms with Crippen LogP contribution in [0.3, 0.4) is 0 Å². The van der Waals surface area contributed by atoms with E-state index in [0.717, 1.165) is 13.0 Å². The van der Waals surface area contributed by atoms with Crippen molar-refractivity contribution in [2.75, 3.05) is 6.61 Å². The summed E-state index contributed by atoms with van der Waals surface area (Å²) in [5.41, 5.74) is 5.95. The molecule has 1 fully saturated rings. The van der Waals surface area contributed by atoms with E-state index in [2.05, 4.69) is 6.92 Å². The van der Waals surface area contributed by atoms with E-state index in [1.165, 1.54) is 57.8 Å². The van der Waals surface area contributed by atoms with E-state index < -0.39 is 0 Å². The minimum Gasteiger partial charge on any atom is -0.377 e.